The van der Waals surface area contributed by atoms with Crippen LogP contribution in [0.5, 0.6) is 0 Å². The van der Waals surface area contributed by atoms with Crippen LogP contribution in [0.1, 0.15) is 20.3 Å². The van der Waals surface area contributed by atoms with E-state index in [9.17, 15) is 4.79 Å². The number of nitrogens with one attached hydrogen (secondary N) is 1. The van der Waals surface area contributed by atoms with Crippen LogP contribution in [-0.2, 0) is 9.53 Å². The van der Waals surface area contributed by atoms with Crippen LogP contribution in [0, 0.1) is 0 Å². The monoisotopic (exact) mass is 189 g/mol. The minimum absolute atomic E-state index is 0.116. The molecule has 1 aliphatic rings. The Morgan fingerprint density at radius 1 is 1.67 bits per heavy atom. The molecule has 0 saturated carbocycles. The Morgan fingerprint density at radius 3 is 2.83 bits per heavy atom. The highest BCUT2D eigenvalue weighted by Crippen LogP contribution is 2.31. The molecule has 0 spiro atoms. The van der Waals surface area contributed by atoms with Crippen LogP contribution in [0.4, 0.5) is 0 Å². The zero-order valence-electron chi connectivity index (χ0n) is 7.55. The molecule has 1 atom stereocenters. The van der Waals surface area contributed by atoms with Crippen LogP contribution in [-0.4, -0.2) is 29.7 Å². The molecular weight excluding hydrogens is 174 g/mol. The van der Waals surface area contributed by atoms with E-state index in [-0.39, 0.29) is 5.97 Å². The van der Waals surface area contributed by atoms with Crippen molar-refractivity contribution >= 4 is 17.7 Å². The fraction of sp³-hybridized carbons (Fsp3) is 0.875. The van der Waals surface area contributed by atoms with E-state index >= 15 is 0 Å². The third kappa shape index (κ3) is 1.75. The van der Waals surface area contributed by atoms with Gasteiger partial charge in [-0.05, 0) is 13.3 Å². The number of ether oxygens (including phenoxy) is 1. The lowest BCUT2D eigenvalue weighted by Gasteiger charge is -2.23. The molecule has 1 unspecified atom stereocenters. The maximum absolute atomic E-state index is 11.5. The third-order valence-corrected chi connectivity index (χ3v) is 3.46. The first kappa shape index (κ1) is 9.86. The molecule has 0 amide bonds. The summed E-state index contributed by atoms with van der Waals surface area (Å²) in [5, 5.41) is 3.19. The van der Waals surface area contributed by atoms with E-state index in [0.717, 1.165) is 18.7 Å². The summed E-state index contributed by atoms with van der Waals surface area (Å²) < 4.78 is 5.00. The highest BCUT2D eigenvalue weighted by atomic mass is 32.2. The van der Waals surface area contributed by atoms with Crippen molar-refractivity contribution < 1.29 is 9.53 Å². The van der Waals surface area contributed by atoms with Crippen LogP contribution in [0.25, 0.3) is 0 Å². The molecule has 1 fully saturated rings. The lowest BCUT2D eigenvalue weighted by molar-refractivity contribution is -0.146. The molecule has 0 aromatic heterocycles. The smallest absolute Gasteiger partial charge is 0.336 e. The quantitative estimate of drug-likeness (QED) is 0.672. The van der Waals surface area contributed by atoms with E-state index < -0.39 is 4.87 Å². The van der Waals surface area contributed by atoms with E-state index in [1.54, 1.807) is 11.8 Å². The van der Waals surface area contributed by atoms with Gasteiger partial charge in [0.25, 0.3) is 0 Å². The Kier molecular flexibility index (Phi) is 3.40. The van der Waals surface area contributed by atoms with Gasteiger partial charge in [0.15, 0.2) is 4.87 Å². The summed E-state index contributed by atoms with van der Waals surface area (Å²) in [6.07, 6.45) is 0.788. The van der Waals surface area contributed by atoms with E-state index in [2.05, 4.69) is 5.32 Å². The van der Waals surface area contributed by atoms with Gasteiger partial charge in [-0.2, -0.15) is 0 Å². The number of hydrogen-bond acceptors (Lipinski definition) is 4. The van der Waals surface area contributed by atoms with Crippen LogP contribution in [0.2, 0.25) is 0 Å². The number of hydrogen-bond donors (Lipinski definition) is 1. The molecule has 0 bridgehead atoms. The Hall–Kier alpha value is -0.220. The van der Waals surface area contributed by atoms with Crippen molar-refractivity contribution in [1.82, 2.24) is 5.32 Å². The highest BCUT2D eigenvalue weighted by molar-refractivity contribution is 8.01. The second kappa shape index (κ2) is 4.14. The predicted molar refractivity (Wildman–Crippen MR) is 50.1 cm³/mol. The maximum atomic E-state index is 11.5. The molecule has 1 saturated heterocycles. The average Bonchev–Trinajstić information content (AvgIpc) is 2.54. The van der Waals surface area contributed by atoms with Crippen LogP contribution in [0.3, 0.4) is 0 Å². The van der Waals surface area contributed by atoms with Gasteiger partial charge in [-0.1, -0.05) is 6.92 Å². The van der Waals surface area contributed by atoms with Crippen molar-refractivity contribution in [3.63, 3.8) is 0 Å². The summed E-state index contributed by atoms with van der Waals surface area (Å²) in [7, 11) is 0. The zero-order chi connectivity index (χ0) is 9.03. The molecule has 0 radical (unpaired) electrons. The number of carbonyl (C=O) groups is 1. The molecule has 1 N–H and O–H groups in total. The van der Waals surface area contributed by atoms with Gasteiger partial charge >= 0.3 is 5.97 Å². The van der Waals surface area contributed by atoms with Gasteiger partial charge in [-0.25, -0.2) is 4.79 Å². The molecule has 1 heterocycles. The average molecular weight is 189 g/mol. The summed E-state index contributed by atoms with van der Waals surface area (Å²) in [4.78, 5) is 11.0. The van der Waals surface area contributed by atoms with Gasteiger partial charge in [-0.3, -0.25) is 5.32 Å². The number of thioether (sulfide) groups is 1. The van der Waals surface area contributed by atoms with Crippen molar-refractivity contribution in [1.29, 1.82) is 0 Å². The SMILES string of the molecule is CCOC(=O)C1(CC)NCCS1. The van der Waals surface area contributed by atoms with E-state index in [4.69, 9.17) is 4.74 Å². The summed E-state index contributed by atoms with van der Waals surface area (Å²) >= 11 is 1.65. The highest BCUT2D eigenvalue weighted by Gasteiger charge is 2.41. The van der Waals surface area contributed by atoms with Crippen molar-refractivity contribution in [3.8, 4) is 0 Å². The maximum Gasteiger partial charge on any atom is 0.336 e. The van der Waals surface area contributed by atoms with Crippen LogP contribution >= 0.6 is 11.8 Å². The van der Waals surface area contributed by atoms with Gasteiger partial charge in [0.2, 0.25) is 0 Å². The molecule has 12 heavy (non-hydrogen) atoms. The van der Waals surface area contributed by atoms with Gasteiger partial charge in [0.05, 0.1) is 6.61 Å². The number of carbonyl (C=O) groups excluding carboxylic acids is 1. The summed E-state index contributed by atoms with van der Waals surface area (Å²) in [5.74, 6) is 0.877. The van der Waals surface area contributed by atoms with Gasteiger partial charge in [-0.15, -0.1) is 11.8 Å². The van der Waals surface area contributed by atoms with Crippen molar-refractivity contribution in [3.05, 3.63) is 0 Å². The molecule has 0 aliphatic carbocycles. The molecule has 0 aromatic rings. The van der Waals surface area contributed by atoms with E-state index in [0.29, 0.717) is 6.61 Å². The summed E-state index contributed by atoms with van der Waals surface area (Å²) in [5.41, 5.74) is 0. The number of rotatable bonds is 3. The van der Waals surface area contributed by atoms with Crippen molar-refractivity contribution in [2.45, 2.75) is 25.1 Å². The Labute approximate surface area is 77.2 Å². The first-order valence-electron chi connectivity index (χ1n) is 4.31. The second-order valence-corrected chi connectivity index (χ2v) is 4.07. The van der Waals surface area contributed by atoms with Gasteiger partial charge < -0.3 is 4.74 Å². The minimum Gasteiger partial charge on any atom is -0.464 e. The van der Waals surface area contributed by atoms with Crippen LogP contribution < -0.4 is 5.32 Å². The van der Waals surface area contributed by atoms with Gasteiger partial charge in [0, 0.05) is 12.3 Å². The summed E-state index contributed by atoms with van der Waals surface area (Å²) in [6.45, 7) is 5.20. The van der Waals surface area contributed by atoms with E-state index in [1.165, 1.54) is 0 Å². The molecular formula is C8H15NO2S. The largest absolute Gasteiger partial charge is 0.464 e. The number of esters is 1. The standard InChI is InChI=1S/C8H15NO2S/c1-3-8(7(10)11-4-2)9-5-6-12-8/h9H,3-6H2,1-2H3. The molecule has 70 valence electrons. The fourth-order valence-electron chi connectivity index (χ4n) is 1.28. The molecule has 3 nitrogen and oxygen atoms in total. The van der Waals surface area contributed by atoms with Crippen molar-refractivity contribution in [2.24, 2.45) is 0 Å². The van der Waals surface area contributed by atoms with Crippen LogP contribution in [0.15, 0.2) is 0 Å². The predicted octanol–water partition coefficient (Wildman–Crippen LogP) is 0.992. The second-order valence-electron chi connectivity index (χ2n) is 2.68. The zero-order valence-corrected chi connectivity index (χ0v) is 8.37. The molecule has 4 heteroatoms. The first-order valence-corrected chi connectivity index (χ1v) is 5.30. The fourth-order valence-corrected chi connectivity index (χ4v) is 2.42. The Bertz CT molecular complexity index is 166. The third-order valence-electron chi connectivity index (χ3n) is 1.96. The Balaban J connectivity index is 2.59. The lowest BCUT2D eigenvalue weighted by Crippen LogP contribution is -2.45. The summed E-state index contributed by atoms with van der Waals surface area (Å²) in [6, 6.07) is 0. The van der Waals surface area contributed by atoms with Gasteiger partial charge in [0.1, 0.15) is 0 Å². The van der Waals surface area contributed by atoms with Crippen molar-refractivity contribution in [2.75, 3.05) is 18.9 Å². The van der Waals surface area contributed by atoms with E-state index in [1.807, 2.05) is 13.8 Å². The molecule has 1 rings (SSSR count). The molecule has 1 aliphatic heterocycles. The minimum atomic E-state index is -0.448. The normalized spacial score (nSPS) is 28.8. The Morgan fingerprint density at radius 2 is 2.42 bits per heavy atom. The molecule has 0 aromatic carbocycles. The topological polar surface area (TPSA) is 38.3 Å². The lowest BCUT2D eigenvalue weighted by atomic mass is 10.2. The first-order chi connectivity index (χ1) is 5.75.